The largest absolute Gasteiger partial charge is 0.384 e. The number of anilines is 1. The summed E-state index contributed by atoms with van der Waals surface area (Å²) in [5.74, 6) is 1.06. The Kier molecular flexibility index (Phi) is 4.60. The van der Waals surface area contributed by atoms with E-state index in [9.17, 15) is 0 Å². The number of aromatic nitrogens is 1. The lowest BCUT2D eigenvalue weighted by atomic mass is 10.2. The number of nitrogen functional groups attached to an aromatic ring is 1. The molecule has 1 atom stereocenters. The number of aryl methyl sites for hydroxylation is 1. The topological polar surface area (TPSA) is 69.2 Å². The van der Waals surface area contributed by atoms with Crippen LogP contribution in [0.1, 0.15) is 31.5 Å². The Labute approximate surface area is 121 Å². The van der Waals surface area contributed by atoms with Crippen molar-refractivity contribution >= 4 is 11.7 Å². The van der Waals surface area contributed by atoms with Crippen LogP contribution >= 0.6 is 0 Å². The first-order valence-corrected chi connectivity index (χ1v) is 7.37. The summed E-state index contributed by atoms with van der Waals surface area (Å²) in [6.07, 6.45) is 1.17. The van der Waals surface area contributed by atoms with Crippen LogP contribution in [0.15, 0.2) is 12.1 Å². The zero-order chi connectivity index (χ0) is 14.7. The fraction of sp³-hybridized carbons (Fsp3) is 0.600. The van der Waals surface area contributed by atoms with Crippen molar-refractivity contribution in [2.45, 2.75) is 33.2 Å². The maximum absolute atomic E-state index is 7.59. The van der Waals surface area contributed by atoms with Gasteiger partial charge in [-0.05, 0) is 38.6 Å². The molecule has 1 aromatic rings. The first-order chi connectivity index (χ1) is 9.55. The van der Waals surface area contributed by atoms with Crippen molar-refractivity contribution in [3.8, 4) is 0 Å². The van der Waals surface area contributed by atoms with Crippen LogP contribution in [0.3, 0.4) is 0 Å². The molecule has 0 aliphatic carbocycles. The molecule has 1 aliphatic rings. The first kappa shape index (κ1) is 14.8. The Morgan fingerprint density at radius 2 is 2.15 bits per heavy atom. The summed E-state index contributed by atoms with van der Waals surface area (Å²) in [6, 6.07) is 4.40. The molecule has 110 valence electrons. The quantitative estimate of drug-likeness (QED) is 0.632. The van der Waals surface area contributed by atoms with Crippen molar-refractivity contribution < 1.29 is 0 Å². The summed E-state index contributed by atoms with van der Waals surface area (Å²) < 4.78 is 0. The molecule has 0 saturated carbocycles. The predicted molar refractivity (Wildman–Crippen MR) is 83.5 cm³/mol. The van der Waals surface area contributed by atoms with Crippen LogP contribution in [0.2, 0.25) is 0 Å². The molecule has 2 rings (SSSR count). The fourth-order valence-electron chi connectivity index (χ4n) is 2.96. The second kappa shape index (κ2) is 6.22. The molecule has 0 amide bonds. The molecule has 5 nitrogen and oxygen atoms in total. The molecule has 1 fully saturated rings. The monoisotopic (exact) mass is 275 g/mol. The zero-order valence-electron chi connectivity index (χ0n) is 12.7. The number of amidine groups is 1. The van der Waals surface area contributed by atoms with Crippen molar-refractivity contribution in [1.82, 2.24) is 9.88 Å². The van der Waals surface area contributed by atoms with E-state index in [0.717, 1.165) is 43.3 Å². The molecule has 0 aromatic carbocycles. The lowest BCUT2D eigenvalue weighted by molar-refractivity contribution is 0.232. The molecule has 20 heavy (non-hydrogen) atoms. The van der Waals surface area contributed by atoms with E-state index in [0.29, 0.717) is 6.04 Å². The van der Waals surface area contributed by atoms with Gasteiger partial charge in [-0.3, -0.25) is 10.3 Å². The van der Waals surface area contributed by atoms with Crippen molar-refractivity contribution in [2.24, 2.45) is 5.73 Å². The molecule has 1 saturated heterocycles. The van der Waals surface area contributed by atoms with Crippen molar-refractivity contribution in [1.29, 1.82) is 5.41 Å². The molecule has 1 aromatic heterocycles. The van der Waals surface area contributed by atoms with Crippen molar-refractivity contribution in [2.75, 3.05) is 31.1 Å². The normalized spacial score (nSPS) is 18.8. The molecule has 1 unspecified atom stereocenters. The highest BCUT2D eigenvalue weighted by Crippen LogP contribution is 2.22. The molecule has 5 heteroatoms. The molecule has 3 N–H and O–H groups in total. The number of rotatable bonds is 5. The van der Waals surface area contributed by atoms with Crippen LogP contribution in [-0.2, 0) is 0 Å². The van der Waals surface area contributed by atoms with E-state index >= 15 is 0 Å². The van der Waals surface area contributed by atoms with Crippen LogP contribution in [0, 0.1) is 12.3 Å². The number of nitrogens with one attached hydrogen (secondary N) is 1. The van der Waals surface area contributed by atoms with Gasteiger partial charge in [-0.25, -0.2) is 4.98 Å². The third-order valence-electron chi connectivity index (χ3n) is 4.07. The maximum atomic E-state index is 7.59. The zero-order valence-corrected chi connectivity index (χ0v) is 12.7. The standard InChI is InChI=1S/C15H25N5/c1-4-19(5-2)13-6-7-20(10-13)14-9-12(15(16)17)8-11(3)18-14/h8-9,13H,4-7,10H2,1-3H3,(H3,16,17). The smallest absolute Gasteiger partial charge is 0.129 e. The minimum absolute atomic E-state index is 0.108. The van der Waals surface area contributed by atoms with E-state index in [2.05, 4.69) is 28.6 Å². The van der Waals surface area contributed by atoms with Gasteiger partial charge < -0.3 is 10.6 Å². The van der Waals surface area contributed by atoms with Crippen molar-refractivity contribution in [3.63, 3.8) is 0 Å². The third-order valence-corrected chi connectivity index (χ3v) is 4.07. The average Bonchev–Trinajstić information content (AvgIpc) is 2.89. The van der Waals surface area contributed by atoms with Gasteiger partial charge in [-0.15, -0.1) is 0 Å². The van der Waals surface area contributed by atoms with Gasteiger partial charge in [0.15, 0.2) is 0 Å². The summed E-state index contributed by atoms with van der Waals surface area (Å²) in [5.41, 5.74) is 7.28. The highest BCUT2D eigenvalue weighted by molar-refractivity contribution is 5.95. The predicted octanol–water partition coefficient (Wildman–Crippen LogP) is 1.59. The van der Waals surface area contributed by atoms with E-state index in [1.807, 2.05) is 19.1 Å². The van der Waals surface area contributed by atoms with E-state index in [-0.39, 0.29) is 5.84 Å². The third kappa shape index (κ3) is 3.10. The molecule has 2 heterocycles. The minimum Gasteiger partial charge on any atom is -0.384 e. The van der Waals surface area contributed by atoms with Gasteiger partial charge in [-0.2, -0.15) is 0 Å². The molecule has 0 spiro atoms. The van der Waals surface area contributed by atoms with Crippen LogP contribution < -0.4 is 10.6 Å². The Balaban J connectivity index is 2.15. The number of likely N-dealkylation sites (N-methyl/N-ethyl adjacent to an activating group) is 1. The second-order valence-corrected chi connectivity index (χ2v) is 5.38. The van der Waals surface area contributed by atoms with E-state index in [1.165, 1.54) is 6.42 Å². The Morgan fingerprint density at radius 3 is 2.75 bits per heavy atom. The lowest BCUT2D eigenvalue weighted by Gasteiger charge is -2.26. The van der Waals surface area contributed by atoms with Gasteiger partial charge >= 0.3 is 0 Å². The van der Waals surface area contributed by atoms with Gasteiger partial charge in [0, 0.05) is 30.4 Å². The van der Waals surface area contributed by atoms with Crippen LogP contribution in [0.25, 0.3) is 0 Å². The van der Waals surface area contributed by atoms with Gasteiger partial charge in [0.25, 0.3) is 0 Å². The van der Waals surface area contributed by atoms with Crippen LogP contribution in [0.4, 0.5) is 5.82 Å². The Hall–Kier alpha value is -1.62. The van der Waals surface area contributed by atoms with Gasteiger partial charge in [0.2, 0.25) is 0 Å². The average molecular weight is 275 g/mol. The van der Waals surface area contributed by atoms with Gasteiger partial charge in [-0.1, -0.05) is 13.8 Å². The van der Waals surface area contributed by atoms with Gasteiger partial charge in [0.1, 0.15) is 11.7 Å². The first-order valence-electron chi connectivity index (χ1n) is 7.37. The van der Waals surface area contributed by atoms with Crippen LogP contribution in [0.5, 0.6) is 0 Å². The Morgan fingerprint density at radius 1 is 1.45 bits per heavy atom. The van der Waals surface area contributed by atoms with E-state index in [4.69, 9.17) is 11.1 Å². The highest BCUT2D eigenvalue weighted by Gasteiger charge is 2.27. The molecule has 1 aliphatic heterocycles. The van der Waals surface area contributed by atoms with Crippen LogP contribution in [-0.4, -0.2) is 47.9 Å². The molecular weight excluding hydrogens is 250 g/mol. The highest BCUT2D eigenvalue weighted by atomic mass is 15.3. The number of nitrogens with zero attached hydrogens (tertiary/aromatic N) is 3. The SMILES string of the molecule is CCN(CC)C1CCN(c2cc(C(=N)N)cc(C)n2)C1. The number of hydrogen-bond acceptors (Lipinski definition) is 4. The number of hydrogen-bond donors (Lipinski definition) is 2. The van der Waals surface area contributed by atoms with Gasteiger partial charge in [0.05, 0.1) is 0 Å². The number of nitrogens with two attached hydrogens (primary N) is 1. The summed E-state index contributed by atoms with van der Waals surface area (Å²) >= 11 is 0. The summed E-state index contributed by atoms with van der Waals surface area (Å²) in [7, 11) is 0. The fourth-order valence-corrected chi connectivity index (χ4v) is 2.96. The number of pyridine rings is 1. The Bertz CT molecular complexity index is 481. The molecular formula is C15H25N5. The second-order valence-electron chi connectivity index (χ2n) is 5.38. The summed E-state index contributed by atoms with van der Waals surface area (Å²) in [6.45, 7) is 10.6. The van der Waals surface area contributed by atoms with Crippen molar-refractivity contribution in [3.05, 3.63) is 23.4 Å². The summed E-state index contributed by atoms with van der Waals surface area (Å²) in [4.78, 5) is 9.41. The van der Waals surface area contributed by atoms with E-state index in [1.54, 1.807) is 0 Å². The maximum Gasteiger partial charge on any atom is 0.129 e. The van der Waals surface area contributed by atoms with E-state index < -0.39 is 0 Å². The summed E-state index contributed by atoms with van der Waals surface area (Å²) in [5, 5.41) is 7.59. The molecule has 0 radical (unpaired) electrons. The lowest BCUT2D eigenvalue weighted by Crippen LogP contribution is -2.37. The minimum atomic E-state index is 0.108. The molecule has 0 bridgehead atoms.